The van der Waals surface area contributed by atoms with E-state index in [1.807, 2.05) is 12.1 Å². The van der Waals surface area contributed by atoms with Crippen LogP contribution in [0.25, 0.3) is 0 Å². The molecule has 5 heteroatoms. The maximum atomic E-state index is 12.0. The summed E-state index contributed by atoms with van der Waals surface area (Å²) in [5.74, 6) is -1.11. The van der Waals surface area contributed by atoms with Gasteiger partial charge in [-0.3, -0.25) is 0 Å². The molecule has 0 saturated heterocycles. The molecule has 0 amide bonds. The maximum Gasteiger partial charge on any atom is 0.338 e. The fourth-order valence-electron chi connectivity index (χ4n) is 2.27. The standard InChI is InChI=1S/C20H28O5/c1-6-20(5,7-2)16-10-8-15(9-11-16)19(23)25-13-17(21)12-24-18(22)14(3)4/h8-11,17,21H,3,6-7,12-13H2,1-2,4-5H3. The first-order valence-corrected chi connectivity index (χ1v) is 8.51. The molecule has 1 aromatic carbocycles. The van der Waals surface area contributed by atoms with Crippen molar-refractivity contribution < 1.29 is 24.2 Å². The average Bonchev–Trinajstić information content (AvgIpc) is 2.63. The predicted molar refractivity (Wildman–Crippen MR) is 96.4 cm³/mol. The molecule has 25 heavy (non-hydrogen) atoms. The average molecular weight is 348 g/mol. The zero-order valence-electron chi connectivity index (χ0n) is 15.5. The van der Waals surface area contributed by atoms with E-state index < -0.39 is 18.0 Å². The number of hydrogen-bond acceptors (Lipinski definition) is 5. The van der Waals surface area contributed by atoms with Crippen LogP contribution in [-0.2, 0) is 19.7 Å². The number of carbonyl (C=O) groups excluding carboxylic acids is 2. The van der Waals surface area contributed by atoms with Crippen LogP contribution in [0.15, 0.2) is 36.4 Å². The van der Waals surface area contributed by atoms with E-state index >= 15 is 0 Å². The molecule has 0 aliphatic rings. The Morgan fingerprint density at radius 1 is 1.12 bits per heavy atom. The Hall–Kier alpha value is -2.14. The van der Waals surface area contributed by atoms with Crippen molar-refractivity contribution in [2.45, 2.75) is 52.1 Å². The summed E-state index contributed by atoms with van der Waals surface area (Å²) in [4.78, 5) is 23.3. The molecule has 1 rings (SSSR count). The molecule has 0 aliphatic heterocycles. The predicted octanol–water partition coefficient (Wildman–Crippen LogP) is 3.40. The Labute approximate surface area is 149 Å². The third-order valence-corrected chi connectivity index (χ3v) is 4.54. The summed E-state index contributed by atoms with van der Waals surface area (Å²) in [6, 6.07) is 7.34. The molecular formula is C20H28O5. The summed E-state index contributed by atoms with van der Waals surface area (Å²) in [7, 11) is 0. The van der Waals surface area contributed by atoms with E-state index in [1.165, 1.54) is 12.5 Å². The highest BCUT2D eigenvalue weighted by Gasteiger charge is 2.22. The molecule has 0 heterocycles. The minimum absolute atomic E-state index is 0.0891. The van der Waals surface area contributed by atoms with E-state index in [0.717, 1.165) is 12.8 Å². The first-order valence-electron chi connectivity index (χ1n) is 8.51. The largest absolute Gasteiger partial charge is 0.459 e. The number of aliphatic hydroxyl groups excluding tert-OH is 1. The van der Waals surface area contributed by atoms with E-state index in [9.17, 15) is 14.7 Å². The Kier molecular flexibility index (Phi) is 7.84. The molecule has 1 atom stereocenters. The van der Waals surface area contributed by atoms with Crippen LogP contribution in [0, 0.1) is 0 Å². The van der Waals surface area contributed by atoms with Gasteiger partial charge in [-0.05, 0) is 42.9 Å². The molecule has 0 aliphatic carbocycles. The molecule has 0 bridgehead atoms. The first kappa shape index (κ1) is 20.9. The van der Waals surface area contributed by atoms with Crippen molar-refractivity contribution >= 4 is 11.9 Å². The van der Waals surface area contributed by atoms with Crippen LogP contribution in [0.4, 0.5) is 0 Å². The summed E-state index contributed by atoms with van der Waals surface area (Å²) in [5.41, 5.74) is 1.94. The third kappa shape index (κ3) is 6.02. The number of ether oxygens (including phenoxy) is 2. The number of hydrogen-bond donors (Lipinski definition) is 1. The molecule has 0 saturated carbocycles. The zero-order chi connectivity index (χ0) is 19.0. The van der Waals surface area contributed by atoms with Crippen molar-refractivity contribution in [3.63, 3.8) is 0 Å². The van der Waals surface area contributed by atoms with Crippen LogP contribution in [0.2, 0.25) is 0 Å². The molecule has 0 spiro atoms. The van der Waals surface area contributed by atoms with Crippen LogP contribution < -0.4 is 0 Å². The van der Waals surface area contributed by atoms with Crippen LogP contribution in [0.3, 0.4) is 0 Å². The molecule has 138 valence electrons. The number of aliphatic hydroxyl groups is 1. The van der Waals surface area contributed by atoms with Gasteiger partial charge in [0.1, 0.15) is 19.3 Å². The van der Waals surface area contributed by atoms with Gasteiger partial charge in [-0.15, -0.1) is 0 Å². The summed E-state index contributed by atoms with van der Waals surface area (Å²) < 4.78 is 9.86. The zero-order valence-corrected chi connectivity index (χ0v) is 15.5. The number of benzene rings is 1. The Morgan fingerprint density at radius 3 is 2.12 bits per heavy atom. The molecular weight excluding hydrogens is 320 g/mol. The van der Waals surface area contributed by atoms with Gasteiger partial charge in [0.25, 0.3) is 0 Å². The van der Waals surface area contributed by atoms with Crippen molar-refractivity contribution in [1.82, 2.24) is 0 Å². The molecule has 1 unspecified atom stereocenters. The van der Waals surface area contributed by atoms with E-state index in [4.69, 9.17) is 9.47 Å². The minimum atomic E-state index is -1.07. The molecule has 1 aromatic rings. The maximum absolute atomic E-state index is 12.0. The highest BCUT2D eigenvalue weighted by Crippen LogP contribution is 2.30. The fraction of sp³-hybridized carbons (Fsp3) is 0.500. The summed E-state index contributed by atoms with van der Waals surface area (Å²) in [5, 5.41) is 9.71. The Balaban J connectivity index is 2.55. The molecule has 5 nitrogen and oxygen atoms in total. The lowest BCUT2D eigenvalue weighted by atomic mass is 9.78. The Bertz CT molecular complexity index is 599. The molecule has 1 N–H and O–H groups in total. The SMILES string of the molecule is C=C(C)C(=O)OCC(O)COC(=O)c1ccc(C(C)(CC)CC)cc1. The van der Waals surface area contributed by atoms with E-state index in [1.54, 1.807) is 12.1 Å². The highest BCUT2D eigenvalue weighted by molar-refractivity contribution is 5.89. The van der Waals surface area contributed by atoms with Gasteiger partial charge in [-0.2, -0.15) is 0 Å². The van der Waals surface area contributed by atoms with Gasteiger partial charge >= 0.3 is 11.9 Å². The monoisotopic (exact) mass is 348 g/mol. The third-order valence-electron chi connectivity index (χ3n) is 4.54. The molecule has 0 fully saturated rings. The number of esters is 2. The van der Waals surface area contributed by atoms with Gasteiger partial charge < -0.3 is 14.6 Å². The van der Waals surface area contributed by atoms with Crippen LogP contribution in [0.5, 0.6) is 0 Å². The first-order chi connectivity index (χ1) is 11.7. The van der Waals surface area contributed by atoms with Gasteiger partial charge in [0.2, 0.25) is 0 Å². The lowest BCUT2D eigenvalue weighted by Gasteiger charge is -2.27. The van der Waals surface area contributed by atoms with Crippen molar-refractivity contribution in [3.8, 4) is 0 Å². The lowest BCUT2D eigenvalue weighted by molar-refractivity contribution is -0.142. The van der Waals surface area contributed by atoms with Crippen LogP contribution in [-0.4, -0.2) is 36.4 Å². The number of carbonyl (C=O) groups is 2. The summed E-state index contributed by atoms with van der Waals surface area (Å²) >= 11 is 0. The van der Waals surface area contributed by atoms with E-state index in [-0.39, 0.29) is 24.2 Å². The van der Waals surface area contributed by atoms with Crippen molar-refractivity contribution in [3.05, 3.63) is 47.5 Å². The van der Waals surface area contributed by atoms with E-state index in [0.29, 0.717) is 5.56 Å². The van der Waals surface area contributed by atoms with Gasteiger partial charge in [-0.25, -0.2) is 9.59 Å². The lowest BCUT2D eigenvalue weighted by Crippen LogP contribution is -2.25. The van der Waals surface area contributed by atoms with Gasteiger partial charge in [0, 0.05) is 5.57 Å². The minimum Gasteiger partial charge on any atom is -0.459 e. The highest BCUT2D eigenvalue weighted by atomic mass is 16.6. The van der Waals surface area contributed by atoms with Gasteiger partial charge in [-0.1, -0.05) is 39.5 Å². The van der Waals surface area contributed by atoms with Crippen molar-refractivity contribution in [2.75, 3.05) is 13.2 Å². The number of rotatable bonds is 9. The van der Waals surface area contributed by atoms with Gasteiger partial charge in [0.15, 0.2) is 0 Å². The Morgan fingerprint density at radius 2 is 1.64 bits per heavy atom. The second-order valence-corrected chi connectivity index (χ2v) is 6.48. The van der Waals surface area contributed by atoms with E-state index in [2.05, 4.69) is 27.4 Å². The smallest absolute Gasteiger partial charge is 0.338 e. The second kappa shape index (κ2) is 9.37. The van der Waals surface area contributed by atoms with Crippen molar-refractivity contribution in [1.29, 1.82) is 0 Å². The van der Waals surface area contributed by atoms with Crippen LogP contribution in [0.1, 0.15) is 56.5 Å². The fourth-order valence-corrected chi connectivity index (χ4v) is 2.27. The summed E-state index contributed by atoms with van der Waals surface area (Å²) in [6.07, 6.45) is 0.958. The second-order valence-electron chi connectivity index (χ2n) is 6.48. The molecule has 0 radical (unpaired) electrons. The van der Waals surface area contributed by atoms with Crippen molar-refractivity contribution in [2.24, 2.45) is 0 Å². The van der Waals surface area contributed by atoms with Crippen LogP contribution >= 0.6 is 0 Å². The normalized spacial score (nSPS) is 12.4. The van der Waals surface area contributed by atoms with Gasteiger partial charge in [0.05, 0.1) is 5.56 Å². The summed E-state index contributed by atoms with van der Waals surface area (Å²) in [6.45, 7) is 11.0. The topological polar surface area (TPSA) is 72.8 Å². The molecule has 0 aromatic heterocycles. The quantitative estimate of drug-likeness (QED) is 0.547.